The van der Waals surface area contributed by atoms with Crippen molar-refractivity contribution in [1.29, 1.82) is 0 Å². The van der Waals surface area contributed by atoms with Gasteiger partial charge in [-0.1, -0.05) is 24.6 Å². The number of nitrogens with zero attached hydrogens (tertiary/aromatic N) is 1. The summed E-state index contributed by atoms with van der Waals surface area (Å²) < 4.78 is 29.5. The van der Waals surface area contributed by atoms with Gasteiger partial charge in [-0.25, -0.2) is 8.42 Å². The molecule has 27 heavy (non-hydrogen) atoms. The average Bonchev–Trinajstić information content (AvgIpc) is 2.99. The van der Waals surface area contributed by atoms with Crippen LogP contribution in [0.15, 0.2) is 33.6 Å². The number of fused-ring (bicyclic) bond motifs is 1. The van der Waals surface area contributed by atoms with Crippen molar-refractivity contribution in [3.8, 4) is 0 Å². The van der Waals surface area contributed by atoms with E-state index in [4.69, 9.17) is 0 Å². The lowest BCUT2D eigenvalue weighted by Crippen LogP contribution is -2.28. The first-order valence-corrected chi connectivity index (χ1v) is 11.1. The number of amides is 1. The lowest BCUT2D eigenvalue weighted by Gasteiger charge is -2.19. The fourth-order valence-corrected chi connectivity index (χ4v) is 5.89. The molecule has 0 aromatic heterocycles. The topological polar surface area (TPSA) is 66.5 Å². The van der Waals surface area contributed by atoms with E-state index in [2.05, 4.69) is 20.7 Å². The summed E-state index contributed by atoms with van der Waals surface area (Å²) in [6.45, 7) is 8.14. The summed E-state index contributed by atoms with van der Waals surface area (Å²) in [5.74, 6) is -0.00222. The van der Waals surface area contributed by atoms with Crippen LogP contribution in [-0.4, -0.2) is 20.9 Å². The van der Waals surface area contributed by atoms with Gasteiger partial charge >= 0.3 is 0 Å². The molecule has 0 radical (unpaired) electrons. The Labute approximate surface area is 169 Å². The van der Waals surface area contributed by atoms with Gasteiger partial charge in [0.1, 0.15) is 4.90 Å². The Balaban J connectivity index is 2.05. The number of anilines is 2. The molecule has 1 heterocycles. The molecule has 0 unspecified atom stereocenters. The SMILES string of the molecule is CCC(=O)N1CCc2cc(Br)c(S(=O)(=O)Nc3c(C)cc(C)cc3C)cc21. The molecule has 3 rings (SSSR count). The first-order chi connectivity index (χ1) is 12.6. The van der Waals surface area contributed by atoms with E-state index in [0.717, 1.165) is 28.7 Å². The van der Waals surface area contributed by atoms with E-state index in [1.807, 2.05) is 39.0 Å². The predicted octanol–water partition coefficient (Wildman–Crippen LogP) is 4.47. The summed E-state index contributed by atoms with van der Waals surface area (Å²) in [6.07, 6.45) is 1.11. The fraction of sp³-hybridized carbons (Fsp3) is 0.350. The zero-order chi connectivity index (χ0) is 19.9. The van der Waals surface area contributed by atoms with Crippen LogP contribution in [0.5, 0.6) is 0 Å². The van der Waals surface area contributed by atoms with Crippen LogP contribution in [0, 0.1) is 20.8 Å². The van der Waals surface area contributed by atoms with Gasteiger partial charge in [0, 0.05) is 23.1 Å². The number of hydrogen-bond donors (Lipinski definition) is 1. The Kier molecular flexibility index (Phi) is 5.36. The molecule has 7 heteroatoms. The molecule has 0 spiro atoms. The predicted molar refractivity (Wildman–Crippen MR) is 112 cm³/mol. The summed E-state index contributed by atoms with van der Waals surface area (Å²) in [5, 5.41) is 0. The second-order valence-corrected chi connectivity index (χ2v) is 9.44. The molecule has 0 bridgehead atoms. The minimum Gasteiger partial charge on any atom is -0.312 e. The van der Waals surface area contributed by atoms with E-state index in [1.54, 1.807) is 17.9 Å². The normalized spacial score (nSPS) is 13.6. The summed E-state index contributed by atoms with van der Waals surface area (Å²) in [5.41, 5.74) is 5.08. The van der Waals surface area contributed by atoms with Crippen LogP contribution < -0.4 is 9.62 Å². The van der Waals surface area contributed by atoms with Gasteiger partial charge in [-0.05, 0) is 71.9 Å². The Morgan fingerprint density at radius 2 is 1.78 bits per heavy atom. The Morgan fingerprint density at radius 1 is 1.15 bits per heavy atom. The van der Waals surface area contributed by atoms with Crippen LogP contribution in [-0.2, 0) is 21.2 Å². The van der Waals surface area contributed by atoms with E-state index >= 15 is 0 Å². The molecule has 1 aliphatic rings. The molecule has 0 aliphatic carbocycles. The molecule has 0 fully saturated rings. The van der Waals surface area contributed by atoms with Gasteiger partial charge in [0.05, 0.1) is 5.69 Å². The van der Waals surface area contributed by atoms with Gasteiger partial charge < -0.3 is 4.90 Å². The molecule has 2 aromatic rings. The van der Waals surface area contributed by atoms with Gasteiger partial charge in [-0.15, -0.1) is 0 Å². The zero-order valence-corrected chi connectivity index (χ0v) is 18.3. The van der Waals surface area contributed by atoms with Crippen LogP contribution in [0.25, 0.3) is 0 Å². The quantitative estimate of drug-likeness (QED) is 0.746. The van der Waals surface area contributed by atoms with Crippen LogP contribution in [0.1, 0.15) is 35.6 Å². The summed E-state index contributed by atoms with van der Waals surface area (Å²) in [7, 11) is -3.81. The number of carbonyl (C=O) groups is 1. The van der Waals surface area contributed by atoms with Crippen LogP contribution in [0.2, 0.25) is 0 Å². The third kappa shape index (κ3) is 3.75. The number of aryl methyl sites for hydroxylation is 3. The monoisotopic (exact) mass is 450 g/mol. The lowest BCUT2D eigenvalue weighted by atomic mass is 10.1. The third-order valence-corrected chi connectivity index (χ3v) is 7.14. The number of rotatable bonds is 4. The molecular weight excluding hydrogens is 428 g/mol. The maximum atomic E-state index is 13.1. The minimum atomic E-state index is -3.81. The zero-order valence-electron chi connectivity index (χ0n) is 15.9. The van der Waals surface area contributed by atoms with Crippen molar-refractivity contribution in [3.05, 3.63) is 51.0 Å². The summed E-state index contributed by atoms with van der Waals surface area (Å²) in [6, 6.07) is 7.30. The Hall–Kier alpha value is -1.86. The maximum absolute atomic E-state index is 13.1. The Morgan fingerprint density at radius 3 is 2.37 bits per heavy atom. The van der Waals surface area contributed by atoms with E-state index < -0.39 is 10.0 Å². The minimum absolute atomic E-state index is 0.00222. The summed E-state index contributed by atoms with van der Waals surface area (Å²) >= 11 is 3.40. The van der Waals surface area contributed by atoms with Gasteiger partial charge in [-0.3, -0.25) is 9.52 Å². The van der Waals surface area contributed by atoms with Gasteiger partial charge in [-0.2, -0.15) is 0 Å². The number of benzene rings is 2. The second-order valence-electron chi connectivity index (χ2n) is 6.94. The fourth-order valence-electron chi connectivity index (χ4n) is 3.57. The highest BCUT2D eigenvalue weighted by Gasteiger charge is 2.28. The molecular formula is C20H23BrN2O3S. The summed E-state index contributed by atoms with van der Waals surface area (Å²) in [4.78, 5) is 14.0. The van der Waals surface area contributed by atoms with Crippen molar-refractivity contribution >= 4 is 43.2 Å². The van der Waals surface area contributed by atoms with E-state index in [0.29, 0.717) is 28.8 Å². The number of hydrogen-bond acceptors (Lipinski definition) is 3. The molecule has 2 aromatic carbocycles. The van der Waals surface area contributed by atoms with Crippen molar-refractivity contribution in [2.45, 2.75) is 45.4 Å². The molecule has 5 nitrogen and oxygen atoms in total. The van der Waals surface area contributed by atoms with E-state index in [1.165, 1.54) is 0 Å². The second kappa shape index (κ2) is 7.28. The number of carbonyl (C=O) groups excluding carboxylic acids is 1. The van der Waals surface area contributed by atoms with Crippen molar-refractivity contribution in [1.82, 2.24) is 0 Å². The first-order valence-electron chi connectivity index (χ1n) is 8.87. The van der Waals surface area contributed by atoms with Crippen LogP contribution in [0.4, 0.5) is 11.4 Å². The third-order valence-electron chi connectivity index (χ3n) is 4.84. The highest BCUT2D eigenvalue weighted by molar-refractivity contribution is 9.10. The number of halogens is 1. The molecule has 0 atom stereocenters. The molecule has 1 amide bonds. The maximum Gasteiger partial charge on any atom is 0.263 e. The molecule has 144 valence electrons. The number of nitrogens with one attached hydrogen (secondary N) is 1. The van der Waals surface area contributed by atoms with Crippen LogP contribution >= 0.6 is 15.9 Å². The van der Waals surface area contributed by atoms with Gasteiger partial charge in [0.25, 0.3) is 10.0 Å². The highest BCUT2D eigenvalue weighted by atomic mass is 79.9. The van der Waals surface area contributed by atoms with E-state index in [-0.39, 0.29) is 10.8 Å². The highest BCUT2D eigenvalue weighted by Crippen LogP contribution is 2.37. The molecule has 0 saturated heterocycles. The number of sulfonamides is 1. The van der Waals surface area contributed by atoms with Crippen molar-refractivity contribution < 1.29 is 13.2 Å². The largest absolute Gasteiger partial charge is 0.312 e. The van der Waals surface area contributed by atoms with Gasteiger partial charge in [0.2, 0.25) is 5.91 Å². The molecule has 1 aliphatic heterocycles. The van der Waals surface area contributed by atoms with Crippen molar-refractivity contribution in [3.63, 3.8) is 0 Å². The standard InChI is InChI=1S/C20H23BrN2O3S/c1-5-19(24)23-7-6-15-10-16(21)18(11-17(15)23)27(25,26)22-20-13(3)8-12(2)9-14(20)4/h8-11,22H,5-7H2,1-4H3. The Bertz CT molecular complexity index is 1010. The lowest BCUT2D eigenvalue weighted by molar-refractivity contribution is -0.118. The molecule has 0 saturated carbocycles. The first kappa shape index (κ1) is 19.9. The molecule has 1 N–H and O–H groups in total. The van der Waals surface area contributed by atoms with Gasteiger partial charge in [0.15, 0.2) is 0 Å². The smallest absolute Gasteiger partial charge is 0.263 e. The van der Waals surface area contributed by atoms with Crippen molar-refractivity contribution in [2.24, 2.45) is 0 Å². The van der Waals surface area contributed by atoms with Crippen LogP contribution in [0.3, 0.4) is 0 Å². The van der Waals surface area contributed by atoms with E-state index in [9.17, 15) is 13.2 Å². The van der Waals surface area contributed by atoms with Crippen molar-refractivity contribution in [2.75, 3.05) is 16.2 Å². The average molecular weight is 451 g/mol.